The van der Waals surface area contributed by atoms with Crippen molar-refractivity contribution in [3.8, 4) is 17.1 Å². The molecule has 2 aromatic heterocycles. The smallest absolute Gasteiger partial charge is 0.259 e. The van der Waals surface area contributed by atoms with E-state index in [1.54, 1.807) is 13.3 Å². The van der Waals surface area contributed by atoms with E-state index in [4.69, 9.17) is 4.74 Å². The molecule has 1 aliphatic heterocycles. The molecule has 1 unspecified atom stereocenters. The Bertz CT molecular complexity index is 922. The molecule has 0 bridgehead atoms. The van der Waals surface area contributed by atoms with Crippen molar-refractivity contribution in [2.75, 3.05) is 20.2 Å². The fourth-order valence-corrected chi connectivity index (χ4v) is 3.36. The number of nitrogens with zero attached hydrogens (tertiary/aromatic N) is 2. The lowest BCUT2D eigenvalue weighted by atomic mass is 10.1. The molecule has 3 heterocycles. The fraction of sp³-hybridized carbons (Fsp3) is 0.333. The molecular weight excluding hydrogens is 304 g/mol. The molecule has 1 aliphatic rings. The van der Waals surface area contributed by atoms with E-state index in [2.05, 4.69) is 19.9 Å². The van der Waals surface area contributed by atoms with Crippen LogP contribution in [-0.2, 0) is 0 Å². The lowest BCUT2D eigenvalue weighted by Crippen LogP contribution is -2.32. The number of nitrogens with one attached hydrogen (secondary N) is 2. The number of aromatic nitrogens is 3. The maximum atomic E-state index is 12.6. The van der Waals surface area contributed by atoms with Crippen molar-refractivity contribution in [3.05, 3.63) is 47.0 Å². The van der Waals surface area contributed by atoms with Crippen molar-refractivity contribution in [1.82, 2.24) is 19.9 Å². The standard InChI is InChI=1S/C18H20N4O2/c1-24-14-4-5-16-12(9-14)10-15(18(23)21-16)17-20-7-8-22(17)13-3-2-6-19-11-13/h4-5,7-10,13,19H,2-3,6,11H2,1H3,(H,21,23). The Morgan fingerprint density at radius 3 is 3.04 bits per heavy atom. The number of hydrogen-bond acceptors (Lipinski definition) is 4. The normalized spacial score (nSPS) is 18.0. The lowest BCUT2D eigenvalue weighted by molar-refractivity contribution is 0.374. The van der Waals surface area contributed by atoms with Gasteiger partial charge in [0.1, 0.15) is 11.6 Å². The van der Waals surface area contributed by atoms with Gasteiger partial charge in [-0.25, -0.2) is 4.98 Å². The number of fused-ring (bicyclic) bond motifs is 1. The van der Waals surface area contributed by atoms with Gasteiger partial charge in [-0.15, -0.1) is 0 Å². The Hall–Kier alpha value is -2.60. The monoisotopic (exact) mass is 324 g/mol. The minimum Gasteiger partial charge on any atom is -0.497 e. The van der Waals surface area contributed by atoms with Gasteiger partial charge in [-0.05, 0) is 43.7 Å². The van der Waals surface area contributed by atoms with Gasteiger partial charge in [-0.2, -0.15) is 0 Å². The zero-order chi connectivity index (χ0) is 16.5. The third-order valence-corrected chi connectivity index (χ3v) is 4.63. The predicted molar refractivity (Wildman–Crippen MR) is 93.5 cm³/mol. The molecule has 0 aliphatic carbocycles. The summed E-state index contributed by atoms with van der Waals surface area (Å²) in [6.07, 6.45) is 5.95. The molecule has 6 nitrogen and oxygen atoms in total. The summed E-state index contributed by atoms with van der Waals surface area (Å²) >= 11 is 0. The van der Waals surface area contributed by atoms with E-state index < -0.39 is 0 Å². The summed E-state index contributed by atoms with van der Waals surface area (Å²) in [6.45, 7) is 1.96. The Balaban J connectivity index is 1.83. The molecule has 1 saturated heterocycles. The summed E-state index contributed by atoms with van der Waals surface area (Å²) in [4.78, 5) is 20.0. The van der Waals surface area contributed by atoms with Gasteiger partial charge in [0.05, 0.1) is 12.7 Å². The van der Waals surface area contributed by atoms with Crippen LogP contribution in [0.15, 0.2) is 41.5 Å². The Kier molecular flexibility index (Phi) is 3.82. The molecule has 1 atom stereocenters. The maximum Gasteiger partial charge on any atom is 0.259 e. The number of benzene rings is 1. The summed E-state index contributed by atoms with van der Waals surface area (Å²) in [7, 11) is 1.64. The van der Waals surface area contributed by atoms with Crippen LogP contribution in [0.5, 0.6) is 5.75 Å². The average molecular weight is 324 g/mol. The first kappa shape index (κ1) is 15.0. The molecule has 1 aromatic carbocycles. The molecule has 0 spiro atoms. The van der Waals surface area contributed by atoms with Gasteiger partial charge >= 0.3 is 0 Å². The number of hydrogen-bond donors (Lipinski definition) is 2. The zero-order valence-corrected chi connectivity index (χ0v) is 13.6. The van der Waals surface area contributed by atoms with Crippen LogP contribution in [0.25, 0.3) is 22.3 Å². The minimum atomic E-state index is -0.121. The summed E-state index contributed by atoms with van der Waals surface area (Å²) in [5.41, 5.74) is 1.26. The third kappa shape index (κ3) is 2.59. The molecular formula is C18H20N4O2. The van der Waals surface area contributed by atoms with Crippen LogP contribution in [-0.4, -0.2) is 34.7 Å². The van der Waals surface area contributed by atoms with Crippen LogP contribution in [0.3, 0.4) is 0 Å². The van der Waals surface area contributed by atoms with Crippen LogP contribution in [0.4, 0.5) is 0 Å². The molecule has 0 radical (unpaired) electrons. The second-order valence-corrected chi connectivity index (χ2v) is 6.12. The highest BCUT2D eigenvalue weighted by atomic mass is 16.5. The number of rotatable bonds is 3. The largest absolute Gasteiger partial charge is 0.497 e. The fourth-order valence-electron chi connectivity index (χ4n) is 3.36. The second kappa shape index (κ2) is 6.13. The highest BCUT2D eigenvalue weighted by Gasteiger charge is 2.20. The number of pyridine rings is 1. The van der Waals surface area contributed by atoms with Gasteiger partial charge in [-0.3, -0.25) is 4.79 Å². The lowest BCUT2D eigenvalue weighted by Gasteiger charge is -2.25. The summed E-state index contributed by atoms with van der Waals surface area (Å²) < 4.78 is 7.39. The van der Waals surface area contributed by atoms with Crippen molar-refractivity contribution < 1.29 is 4.74 Å². The van der Waals surface area contributed by atoms with Gasteiger partial charge in [0.25, 0.3) is 5.56 Å². The van der Waals surface area contributed by atoms with E-state index in [-0.39, 0.29) is 5.56 Å². The number of methoxy groups -OCH3 is 1. The van der Waals surface area contributed by atoms with Crippen LogP contribution < -0.4 is 15.6 Å². The number of piperidine rings is 1. The zero-order valence-electron chi connectivity index (χ0n) is 13.6. The first-order valence-electron chi connectivity index (χ1n) is 8.21. The molecule has 124 valence electrons. The van der Waals surface area contributed by atoms with Gasteiger partial charge in [0, 0.05) is 35.9 Å². The number of aromatic amines is 1. The van der Waals surface area contributed by atoms with E-state index in [9.17, 15) is 4.79 Å². The van der Waals surface area contributed by atoms with Crippen molar-refractivity contribution in [2.45, 2.75) is 18.9 Å². The Morgan fingerprint density at radius 2 is 2.25 bits per heavy atom. The topological polar surface area (TPSA) is 71.9 Å². The van der Waals surface area contributed by atoms with Crippen LogP contribution in [0, 0.1) is 0 Å². The molecule has 3 aromatic rings. The minimum absolute atomic E-state index is 0.121. The van der Waals surface area contributed by atoms with Gasteiger partial charge in [0.2, 0.25) is 0 Å². The van der Waals surface area contributed by atoms with E-state index in [0.29, 0.717) is 11.6 Å². The predicted octanol–water partition coefficient (Wildman–Crippen LogP) is 2.32. The van der Waals surface area contributed by atoms with Gasteiger partial charge < -0.3 is 19.6 Å². The molecule has 0 amide bonds. The van der Waals surface area contributed by atoms with Crippen molar-refractivity contribution >= 4 is 10.9 Å². The van der Waals surface area contributed by atoms with Crippen LogP contribution >= 0.6 is 0 Å². The van der Waals surface area contributed by atoms with Crippen molar-refractivity contribution in [2.24, 2.45) is 0 Å². The Morgan fingerprint density at radius 1 is 1.33 bits per heavy atom. The molecule has 1 fully saturated rings. The Labute approximate surface area is 139 Å². The van der Waals surface area contributed by atoms with E-state index in [1.165, 1.54) is 0 Å². The first-order chi connectivity index (χ1) is 11.8. The van der Waals surface area contributed by atoms with E-state index in [0.717, 1.165) is 48.4 Å². The number of H-pyrrole nitrogens is 1. The molecule has 24 heavy (non-hydrogen) atoms. The SMILES string of the molecule is COc1ccc2[nH]c(=O)c(-c3nccn3C3CCCNC3)cc2c1. The molecule has 2 N–H and O–H groups in total. The van der Waals surface area contributed by atoms with Crippen LogP contribution in [0.1, 0.15) is 18.9 Å². The molecule has 6 heteroatoms. The molecule has 0 saturated carbocycles. The quantitative estimate of drug-likeness (QED) is 0.775. The summed E-state index contributed by atoms with van der Waals surface area (Å²) in [5.74, 6) is 1.48. The van der Waals surface area contributed by atoms with Gasteiger partial charge in [0.15, 0.2) is 0 Å². The summed E-state index contributed by atoms with van der Waals surface area (Å²) in [5, 5.41) is 4.34. The van der Waals surface area contributed by atoms with Crippen molar-refractivity contribution in [3.63, 3.8) is 0 Å². The number of ether oxygens (including phenoxy) is 1. The maximum absolute atomic E-state index is 12.6. The van der Waals surface area contributed by atoms with E-state index >= 15 is 0 Å². The highest BCUT2D eigenvalue weighted by molar-refractivity contribution is 5.83. The number of imidazole rings is 1. The highest BCUT2D eigenvalue weighted by Crippen LogP contribution is 2.26. The van der Waals surface area contributed by atoms with Crippen molar-refractivity contribution in [1.29, 1.82) is 0 Å². The molecule has 4 rings (SSSR count). The van der Waals surface area contributed by atoms with E-state index in [1.807, 2.05) is 30.5 Å². The summed E-state index contributed by atoms with van der Waals surface area (Å²) in [6, 6.07) is 7.84. The van der Waals surface area contributed by atoms with Crippen LogP contribution in [0.2, 0.25) is 0 Å². The first-order valence-corrected chi connectivity index (χ1v) is 8.21. The second-order valence-electron chi connectivity index (χ2n) is 6.12. The average Bonchev–Trinajstić information content (AvgIpc) is 3.11. The van der Waals surface area contributed by atoms with Gasteiger partial charge in [-0.1, -0.05) is 0 Å². The third-order valence-electron chi connectivity index (χ3n) is 4.63.